The standard InChI is InChI=1S/C29H39NO5/c1-18-9-7-13-22(31)15-16-25(32)35-29-23(14-8-10-18)27(33)20(3)19(2)26(29)24(30-28(29)34)17-21-11-5-4-6-12-21/h4-6,8,11-12,14,18-19,22-24,26-27,31,33H,3,7,9-10,13,15-17H2,1-2H3,(H,30,34)/b14-8+/t18-,19+,22+,23+,24+,26-,27-,29+/m1/s1. The molecule has 1 spiro atoms. The molecule has 1 aromatic carbocycles. The van der Waals surface area contributed by atoms with Crippen LogP contribution in [0.4, 0.5) is 0 Å². The van der Waals surface area contributed by atoms with Crippen LogP contribution in [0.1, 0.15) is 57.9 Å². The van der Waals surface area contributed by atoms with Crippen molar-refractivity contribution in [2.24, 2.45) is 23.7 Å². The van der Waals surface area contributed by atoms with Crippen LogP contribution in [-0.4, -0.2) is 45.9 Å². The Morgan fingerprint density at radius 2 is 1.86 bits per heavy atom. The monoisotopic (exact) mass is 481 g/mol. The number of hydrogen-bond acceptors (Lipinski definition) is 5. The molecule has 4 rings (SSSR count). The third-order valence-electron chi connectivity index (χ3n) is 8.32. The fraction of sp³-hybridized carbons (Fsp3) is 0.586. The molecule has 0 radical (unpaired) electrons. The number of nitrogens with one attached hydrogen (secondary N) is 1. The molecule has 1 aliphatic carbocycles. The van der Waals surface area contributed by atoms with Gasteiger partial charge in [0.05, 0.1) is 18.1 Å². The summed E-state index contributed by atoms with van der Waals surface area (Å²) >= 11 is 0. The Morgan fingerprint density at radius 3 is 2.60 bits per heavy atom. The summed E-state index contributed by atoms with van der Waals surface area (Å²) in [5.41, 5.74) is 0.219. The summed E-state index contributed by atoms with van der Waals surface area (Å²) in [6.07, 6.45) is 6.53. The Balaban J connectivity index is 1.75. The van der Waals surface area contributed by atoms with E-state index in [-0.39, 0.29) is 30.2 Å². The second-order valence-electron chi connectivity index (χ2n) is 10.8. The normalized spacial score (nSPS) is 39.5. The van der Waals surface area contributed by atoms with Gasteiger partial charge in [-0.1, -0.05) is 75.8 Å². The first-order chi connectivity index (χ1) is 16.7. The van der Waals surface area contributed by atoms with E-state index in [0.29, 0.717) is 30.8 Å². The average molecular weight is 482 g/mol. The molecule has 3 aliphatic rings. The number of aliphatic hydroxyl groups excluding tert-OH is 2. The fourth-order valence-corrected chi connectivity index (χ4v) is 6.30. The van der Waals surface area contributed by atoms with E-state index in [2.05, 4.69) is 18.8 Å². The molecule has 6 heteroatoms. The maximum absolute atomic E-state index is 13.8. The molecule has 0 bridgehead atoms. The van der Waals surface area contributed by atoms with Gasteiger partial charge in [-0.05, 0) is 48.7 Å². The number of aliphatic hydroxyl groups is 2. The summed E-state index contributed by atoms with van der Waals surface area (Å²) in [7, 11) is 0. The zero-order chi connectivity index (χ0) is 25.2. The van der Waals surface area contributed by atoms with Crippen molar-refractivity contribution in [3.63, 3.8) is 0 Å². The largest absolute Gasteiger partial charge is 0.448 e. The van der Waals surface area contributed by atoms with E-state index < -0.39 is 29.7 Å². The minimum absolute atomic E-state index is 0.0314. The molecule has 0 unspecified atom stereocenters. The zero-order valence-electron chi connectivity index (χ0n) is 20.9. The lowest BCUT2D eigenvalue weighted by Gasteiger charge is -2.49. The highest BCUT2D eigenvalue weighted by Gasteiger charge is 2.67. The lowest BCUT2D eigenvalue weighted by atomic mass is 9.59. The first kappa shape index (κ1) is 25.6. The molecule has 6 nitrogen and oxygen atoms in total. The van der Waals surface area contributed by atoms with Crippen molar-refractivity contribution < 1.29 is 24.5 Å². The molecule has 1 amide bonds. The molecule has 2 aliphatic heterocycles. The summed E-state index contributed by atoms with van der Waals surface area (Å²) in [5, 5.41) is 24.8. The highest BCUT2D eigenvalue weighted by atomic mass is 16.6. The average Bonchev–Trinajstić information content (AvgIpc) is 3.09. The van der Waals surface area contributed by atoms with E-state index in [4.69, 9.17) is 4.74 Å². The summed E-state index contributed by atoms with van der Waals surface area (Å²) in [6, 6.07) is 9.66. The van der Waals surface area contributed by atoms with Gasteiger partial charge in [0, 0.05) is 18.4 Å². The number of amides is 1. The van der Waals surface area contributed by atoms with Crippen LogP contribution in [0.5, 0.6) is 0 Å². The van der Waals surface area contributed by atoms with Crippen molar-refractivity contribution in [3.8, 4) is 0 Å². The van der Waals surface area contributed by atoms with Crippen LogP contribution in [0.3, 0.4) is 0 Å². The van der Waals surface area contributed by atoms with E-state index in [1.807, 2.05) is 49.4 Å². The zero-order valence-corrected chi connectivity index (χ0v) is 20.9. The van der Waals surface area contributed by atoms with Crippen molar-refractivity contribution in [1.82, 2.24) is 5.32 Å². The molecular weight excluding hydrogens is 442 g/mol. The van der Waals surface area contributed by atoms with Gasteiger partial charge in [-0.2, -0.15) is 0 Å². The van der Waals surface area contributed by atoms with Gasteiger partial charge in [-0.3, -0.25) is 9.59 Å². The van der Waals surface area contributed by atoms with Gasteiger partial charge >= 0.3 is 5.97 Å². The first-order valence-corrected chi connectivity index (χ1v) is 13.0. The minimum Gasteiger partial charge on any atom is -0.448 e. The molecule has 1 aromatic rings. The number of hydrogen-bond donors (Lipinski definition) is 3. The Bertz CT molecular complexity index is 959. The highest BCUT2D eigenvalue weighted by molar-refractivity contribution is 5.92. The topological polar surface area (TPSA) is 95.9 Å². The fourth-order valence-electron chi connectivity index (χ4n) is 6.30. The number of ether oxygens (including phenoxy) is 1. The van der Waals surface area contributed by atoms with E-state index in [0.717, 1.165) is 24.8 Å². The third-order valence-corrected chi connectivity index (χ3v) is 8.32. The van der Waals surface area contributed by atoms with Crippen molar-refractivity contribution in [2.75, 3.05) is 0 Å². The summed E-state index contributed by atoms with van der Waals surface area (Å²) in [4.78, 5) is 26.9. The molecule has 190 valence electrons. The molecule has 35 heavy (non-hydrogen) atoms. The van der Waals surface area contributed by atoms with Gasteiger partial charge in [-0.25, -0.2) is 0 Å². The Hall–Kier alpha value is -2.44. The van der Waals surface area contributed by atoms with Gasteiger partial charge in [0.2, 0.25) is 5.60 Å². The summed E-state index contributed by atoms with van der Waals surface area (Å²) in [6.45, 7) is 8.32. The molecule has 8 atom stereocenters. The number of rotatable bonds is 2. The molecule has 3 N–H and O–H groups in total. The van der Waals surface area contributed by atoms with Gasteiger partial charge in [-0.15, -0.1) is 0 Å². The Labute approximate surface area is 208 Å². The van der Waals surface area contributed by atoms with E-state index in [1.54, 1.807) is 0 Å². The van der Waals surface area contributed by atoms with Crippen LogP contribution in [-0.2, 0) is 20.7 Å². The predicted octanol–water partition coefficient (Wildman–Crippen LogP) is 3.72. The van der Waals surface area contributed by atoms with E-state index >= 15 is 0 Å². The lowest BCUT2D eigenvalue weighted by Crippen LogP contribution is -2.61. The van der Waals surface area contributed by atoms with Gasteiger partial charge in [0.1, 0.15) is 0 Å². The second kappa shape index (κ2) is 10.7. The molecule has 1 saturated carbocycles. The van der Waals surface area contributed by atoms with Crippen LogP contribution in [0.15, 0.2) is 54.6 Å². The smallest absolute Gasteiger partial charge is 0.306 e. The second-order valence-corrected chi connectivity index (χ2v) is 10.8. The van der Waals surface area contributed by atoms with Gasteiger partial charge < -0.3 is 20.3 Å². The first-order valence-electron chi connectivity index (χ1n) is 13.0. The Morgan fingerprint density at radius 1 is 1.11 bits per heavy atom. The lowest BCUT2D eigenvalue weighted by molar-refractivity contribution is -0.187. The highest BCUT2D eigenvalue weighted by Crippen LogP contribution is 2.52. The number of carbonyl (C=O) groups excluding carboxylic acids is 2. The molecule has 2 heterocycles. The van der Waals surface area contributed by atoms with Gasteiger partial charge in [0.15, 0.2) is 0 Å². The van der Waals surface area contributed by atoms with E-state index in [9.17, 15) is 19.8 Å². The van der Waals surface area contributed by atoms with Gasteiger partial charge in [0.25, 0.3) is 5.91 Å². The molecular formula is C29H39NO5. The van der Waals surface area contributed by atoms with Crippen LogP contribution < -0.4 is 5.32 Å². The predicted molar refractivity (Wildman–Crippen MR) is 134 cm³/mol. The Kier molecular flexibility index (Phi) is 7.82. The van der Waals surface area contributed by atoms with Crippen LogP contribution in [0, 0.1) is 23.7 Å². The van der Waals surface area contributed by atoms with E-state index in [1.165, 1.54) is 0 Å². The number of esters is 1. The summed E-state index contributed by atoms with van der Waals surface area (Å²) < 4.78 is 6.14. The van der Waals surface area contributed by atoms with Crippen molar-refractivity contribution >= 4 is 11.9 Å². The van der Waals surface area contributed by atoms with Crippen molar-refractivity contribution in [2.45, 2.75) is 82.6 Å². The number of benzene rings is 1. The summed E-state index contributed by atoms with van der Waals surface area (Å²) in [5.74, 6) is -1.80. The number of carbonyl (C=O) groups is 2. The molecule has 2 fully saturated rings. The maximum Gasteiger partial charge on any atom is 0.306 e. The number of allylic oxidation sites excluding steroid dienone is 1. The maximum atomic E-state index is 13.8. The quantitative estimate of drug-likeness (QED) is 0.442. The van der Waals surface area contributed by atoms with Crippen LogP contribution in [0.2, 0.25) is 0 Å². The minimum atomic E-state index is -1.52. The third kappa shape index (κ3) is 5.10. The van der Waals surface area contributed by atoms with Crippen molar-refractivity contribution in [1.29, 1.82) is 0 Å². The van der Waals surface area contributed by atoms with Crippen molar-refractivity contribution in [3.05, 3.63) is 60.2 Å². The van der Waals surface area contributed by atoms with Crippen LogP contribution in [0.25, 0.3) is 0 Å². The molecule has 0 aromatic heterocycles. The van der Waals surface area contributed by atoms with Crippen LogP contribution >= 0.6 is 0 Å². The molecule has 1 saturated heterocycles. The SMILES string of the molecule is C=C1[C@@H](O)[C@@H]2/C=C/C[C@H](C)CCC[C@H](O)CCC(=O)O[C@@]23C(=O)N[C@@H](Cc2ccccc2)[C@H]3[C@H]1C.